The Labute approximate surface area is 314 Å². The van der Waals surface area contributed by atoms with Crippen LogP contribution in [0, 0.1) is 6.92 Å². The largest absolute Gasteiger partial charge is 0.737 e. The van der Waals surface area contributed by atoms with Gasteiger partial charge in [-0.3, -0.25) is 23.7 Å². The van der Waals surface area contributed by atoms with Crippen molar-refractivity contribution in [2.45, 2.75) is 96.9 Å². The van der Waals surface area contributed by atoms with Crippen molar-refractivity contribution in [3.8, 4) is 0 Å². The van der Waals surface area contributed by atoms with Crippen molar-refractivity contribution in [2.75, 3.05) is 40.0 Å². The van der Waals surface area contributed by atoms with Gasteiger partial charge >= 0.3 is 12.9 Å². The number of amides is 4. The fourth-order valence-electron chi connectivity index (χ4n) is 6.88. The number of halogens is 2. The molecule has 0 saturated carbocycles. The van der Waals surface area contributed by atoms with Crippen LogP contribution in [0.1, 0.15) is 94.5 Å². The van der Waals surface area contributed by atoms with E-state index in [1.807, 2.05) is 19.1 Å². The quantitative estimate of drug-likeness (QED) is 0.0589. The number of unbranched alkanes of at least 4 members (excludes halogenated alkanes) is 2. The van der Waals surface area contributed by atoms with Gasteiger partial charge in [0.15, 0.2) is 5.70 Å². The van der Waals surface area contributed by atoms with E-state index >= 15 is 8.63 Å². The minimum atomic E-state index is -4.73. The normalized spacial score (nSPS) is 17.2. The molecule has 0 aliphatic carbocycles. The Morgan fingerprint density at radius 1 is 1.02 bits per heavy atom. The number of hydrogen-bond acceptors (Lipinski definition) is 8. The van der Waals surface area contributed by atoms with E-state index in [0.717, 1.165) is 50.4 Å². The molecule has 1 unspecified atom stereocenters. The van der Waals surface area contributed by atoms with Crippen LogP contribution in [0.3, 0.4) is 0 Å². The number of carbonyl (C=O) groups is 5. The van der Waals surface area contributed by atoms with Crippen LogP contribution in [0.5, 0.6) is 0 Å². The number of nitrogens with zero attached hydrogens (tertiary/aromatic N) is 4. The average Bonchev–Trinajstić information content (AvgIpc) is 3.70. The monoisotopic (exact) mass is 781 g/mol. The van der Waals surface area contributed by atoms with Crippen molar-refractivity contribution >= 4 is 58.5 Å². The first-order chi connectivity index (χ1) is 25.2. The van der Waals surface area contributed by atoms with Gasteiger partial charge in [0.1, 0.15) is 17.5 Å². The number of quaternary nitrogens is 1. The van der Waals surface area contributed by atoms with Gasteiger partial charge in [0, 0.05) is 68.5 Å². The molecule has 19 heteroatoms. The van der Waals surface area contributed by atoms with Crippen LogP contribution in [0.2, 0.25) is 0 Å². The SMILES string of the molecule is CCCCC1=CC(CCC(=O)NC(CS(=O)(=O)O)C(=O)NCCCCC(=O)ON2C(=O)CCC2=O)=[N+]2C1=Cc1c(CCC[N+](C)(C)C)cc(C)n1[B-]2(F)F. The third kappa shape index (κ3) is 10.9. The van der Waals surface area contributed by atoms with Crippen molar-refractivity contribution in [1.29, 1.82) is 0 Å². The van der Waals surface area contributed by atoms with E-state index in [2.05, 4.69) is 31.8 Å². The van der Waals surface area contributed by atoms with Crippen molar-refractivity contribution in [2.24, 2.45) is 0 Å². The summed E-state index contributed by atoms with van der Waals surface area (Å²) in [4.78, 5) is 66.0. The van der Waals surface area contributed by atoms with E-state index in [9.17, 15) is 36.9 Å². The lowest BCUT2D eigenvalue weighted by molar-refractivity contribution is -0.870. The molecule has 0 bridgehead atoms. The smallest absolute Gasteiger partial charge is 0.394 e. The van der Waals surface area contributed by atoms with Crippen LogP contribution in [-0.4, -0.2) is 120 Å². The minimum Gasteiger partial charge on any atom is -0.394 e. The Kier molecular flexibility index (Phi) is 13.8. The van der Waals surface area contributed by atoms with E-state index < -0.39 is 58.5 Å². The molecule has 1 fully saturated rings. The molecule has 4 rings (SSSR count). The standard InChI is InChI=1S/C35H51BF2N6O9S/c1-6-7-11-26-21-27(42-30(26)22-29-25(12-10-19-44(3,4)5)20-24(2)41(29)36(42,37)38)14-15-31(45)40-28(23-54(50,51)52)35(49)39-18-9-8-13-34(48)53-43-32(46)16-17-33(43)47/h20-22,28H,6-19,23H2,1-5H3,(H2-,39,40,45,49,50,51,52)/p+1. The second-order valence-electron chi connectivity index (χ2n) is 15.1. The Balaban J connectivity index is 1.41. The third-order valence-electron chi connectivity index (χ3n) is 9.50. The summed E-state index contributed by atoms with van der Waals surface area (Å²) in [5, 5.41) is 5.19. The molecule has 15 nitrogen and oxygen atoms in total. The van der Waals surface area contributed by atoms with Crippen LogP contribution >= 0.6 is 0 Å². The number of hydroxylamine groups is 2. The number of rotatable bonds is 20. The van der Waals surface area contributed by atoms with E-state index in [4.69, 9.17) is 4.84 Å². The molecule has 54 heavy (non-hydrogen) atoms. The first kappa shape index (κ1) is 42.5. The number of aryl methyl sites for hydroxylation is 2. The van der Waals surface area contributed by atoms with Crippen LogP contribution in [0.15, 0.2) is 23.4 Å². The number of carbonyl (C=O) groups excluding carboxylic acids is 5. The van der Waals surface area contributed by atoms with E-state index in [1.54, 1.807) is 13.0 Å². The maximum atomic E-state index is 16.6. The second-order valence-corrected chi connectivity index (χ2v) is 16.6. The Hall–Kier alpha value is -4.23. The van der Waals surface area contributed by atoms with Crippen LogP contribution in [0.4, 0.5) is 8.63 Å². The van der Waals surface area contributed by atoms with Gasteiger partial charge in [-0.2, -0.15) is 8.42 Å². The van der Waals surface area contributed by atoms with Gasteiger partial charge in [0.25, 0.3) is 21.9 Å². The maximum absolute atomic E-state index is 16.6. The zero-order valence-corrected chi connectivity index (χ0v) is 32.5. The maximum Gasteiger partial charge on any atom is 0.737 e. The van der Waals surface area contributed by atoms with Gasteiger partial charge in [-0.15, -0.1) is 5.06 Å². The van der Waals surface area contributed by atoms with Gasteiger partial charge in [0.2, 0.25) is 11.8 Å². The highest BCUT2D eigenvalue weighted by Gasteiger charge is 2.54. The lowest BCUT2D eigenvalue weighted by Gasteiger charge is -2.31. The zero-order valence-electron chi connectivity index (χ0n) is 31.7. The molecule has 298 valence electrons. The molecule has 4 heterocycles. The highest BCUT2D eigenvalue weighted by atomic mass is 32.2. The summed E-state index contributed by atoms with van der Waals surface area (Å²) >= 11 is 0. The van der Waals surface area contributed by atoms with Gasteiger partial charge in [0.05, 0.1) is 27.7 Å². The summed E-state index contributed by atoms with van der Waals surface area (Å²) in [5.74, 6) is -4.88. The van der Waals surface area contributed by atoms with E-state index in [0.29, 0.717) is 35.0 Å². The molecule has 0 aromatic carbocycles. The molecule has 1 atom stereocenters. The molecule has 0 radical (unpaired) electrons. The summed E-state index contributed by atoms with van der Waals surface area (Å²) in [7, 11) is 1.53. The molecular weight excluding hydrogens is 729 g/mol. The number of imide groups is 1. The third-order valence-corrected chi connectivity index (χ3v) is 10.3. The molecule has 1 aromatic rings. The fraction of sp³-hybridized carbons (Fsp3) is 0.600. The van der Waals surface area contributed by atoms with Gasteiger partial charge < -0.3 is 37.6 Å². The summed E-state index contributed by atoms with van der Waals surface area (Å²) < 4.78 is 69.0. The minimum absolute atomic E-state index is 0.0450. The molecule has 1 aromatic heterocycles. The predicted molar refractivity (Wildman–Crippen MR) is 196 cm³/mol. The molecule has 3 aliphatic rings. The zero-order chi connectivity index (χ0) is 40.0. The summed E-state index contributed by atoms with van der Waals surface area (Å²) in [6, 6.07) is 0.129. The summed E-state index contributed by atoms with van der Waals surface area (Å²) in [6.45, 7) is 0.177. The molecular formula is C35H52BF2N6O9S+. The molecule has 1 saturated heterocycles. The average molecular weight is 782 g/mol. The number of hydrogen-bond donors (Lipinski definition) is 3. The molecule has 0 spiro atoms. The van der Waals surface area contributed by atoms with E-state index in [1.165, 1.54) is 0 Å². The number of aromatic nitrogens is 1. The topological polar surface area (TPSA) is 184 Å². The predicted octanol–water partition coefficient (Wildman–Crippen LogP) is 2.64. The van der Waals surface area contributed by atoms with Crippen molar-refractivity contribution in [1.82, 2.24) is 20.2 Å². The highest BCUT2D eigenvalue weighted by molar-refractivity contribution is 7.85. The van der Waals surface area contributed by atoms with E-state index in [-0.39, 0.29) is 57.2 Å². The fourth-order valence-corrected chi connectivity index (χ4v) is 7.54. The first-order valence-corrected chi connectivity index (χ1v) is 20.0. The van der Waals surface area contributed by atoms with Crippen LogP contribution < -0.4 is 10.6 Å². The van der Waals surface area contributed by atoms with Crippen LogP contribution in [0.25, 0.3) is 6.08 Å². The second kappa shape index (κ2) is 17.5. The first-order valence-electron chi connectivity index (χ1n) is 18.4. The number of nitrogens with one attached hydrogen (secondary N) is 2. The van der Waals surface area contributed by atoms with Gasteiger partial charge in [-0.25, -0.2) is 4.79 Å². The summed E-state index contributed by atoms with van der Waals surface area (Å²) in [5.41, 5.74) is 3.14. The van der Waals surface area contributed by atoms with Crippen molar-refractivity contribution in [3.63, 3.8) is 0 Å². The molecule has 3 aliphatic heterocycles. The van der Waals surface area contributed by atoms with Crippen molar-refractivity contribution in [3.05, 3.63) is 40.4 Å². The van der Waals surface area contributed by atoms with Gasteiger partial charge in [-0.1, -0.05) is 13.3 Å². The Morgan fingerprint density at radius 2 is 1.70 bits per heavy atom. The molecule has 4 amide bonds. The number of fused-ring (bicyclic) bond motifs is 2. The Morgan fingerprint density at radius 3 is 2.33 bits per heavy atom. The van der Waals surface area contributed by atoms with Crippen molar-refractivity contribution < 1.29 is 59.4 Å². The summed E-state index contributed by atoms with van der Waals surface area (Å²) in [6.07, 6.45) is 6.81. The lowest BCUT2D eigenvalue weighted by Crippen LogP contribution is -2.51. The Bertz CT molecular complexity index is 1850. The van der Waals surface area contributed by atoms with Gasteiger partial charge in [-0.05, 0) is 56.4 Å². The highest BCUT2D eigenvalue weighted by Crippen LogP contribution is 2.39. The number of allylic oxidation sites excluding steroid dienone is 2. The lowest BCUT2D eigenvalue weighted by atomic mass is 9.88. The molecule has 3 N–H and O–H groups in total. The van der Waals surface area contributed by atoms with Crippen LogP contribution in [-0.2, 0) is 45.3 Å².